The second kappa shape index (κ2) is 15.8. The quantitative estimate of drug-likeness (QED) is 0.333. The lowest BCUT2D eigenvalue weighted by atomic mass is 10.0. The average Bonchev–Trinajstić information content (AvgIpc) is 2.59. The van der Waals surface area contributed by atoms with E-state index >= 15 is 0 Å². The standard InChI is InChI=1S/C21H38N2/c1-2-3-4-5-6-7-8-9-10-11-12-13-14-15-19-23-21-17-16-18-22-20-21/h16-18,20,23H,2-15,19H2,1H3. The second-order valence-electron chi connectivity index (χ2n) is 6.76. The Morgan fingerprint density at radius 2 is 1.26 bits per heavy atom. The maximum Gasteiger partial charge on any atom is 0.0526 e. The van der Waals surface area contributed by atoms with Gasteiger partial charge >= 0.3 is 0 Å². The lowest BCUT2D eigenvalue weighted by molar-refractivity contribution is 0.537. The van der Waals surface area contributed by atoms with Crippen molar-refractivity contribution in [2.24, 2.45) is 0 Å². The molecule has 1 aromatic rings. The van der Waals surface area contributed by atoms with Gasteiger partial charge in [-0.2, -0.15) is 0 Å². The smallest absolute Gasteiger partial charge is 0.0526 e. The zero-order valence-corrected chi connectivity index (χ0v) is 15.4. The number of nitrogens with one attached hydrogen (secondary N) is 1. The number of rotatable bonds is 16. The molecule has 0 amide bonds. The molecule has 132 valence electrons. The van der Waals surface area contributed by atoms with Gasteiger partial charge in [0.05, 0.1) is 5.69 Å². The van der Waals surface area contributed by atoms with Crippen LogP contribution in [-0.4, -0.2) is 11.5 Å². The van der Waals surface area contributed by atoms with Crippen LogP contribution in [0.25, 0.3) is 0 Å². The SMILES string of the molecule is CCCCCCCCCCCCCCCCNc1cccnc1. The third-order valence-electron chi connectivity index (χ3n) is 4.52. The van der Waals surface area contributed by atoms with Crippen LogP contribution in [0, 0.1) is 0 Å². The second-order valence-corrected chi connectivity index (χ2v) is 6.76. The Hall–Kier alpha value is -1.05. The molecule has 1 heterocycles. The van der Waals surface area contributed by atoms with Crippen LogP contribution < -0.4 is 5.32 Å². The predicted octanol–water partition coefficient (Wildman–Crippen LogP) is 6.97. The molecule has 0 aliphatic heterocycles. The lowest BCUT2D eigenvalue weighted by Crippen LogP contribution is -2.01. The molecule has 1 rings (SSSR count). The van der Waals surface area contributed by atoms with Crippen molar-refractivity contribution >= 4 is 5.69 Å². The first-order chi connectivity index (χ1) is 11.4. The summed E-state index contributed by atoms with van der Waals surface area (Å²) in [4.78, 5) is 4.11. The van der Waals surface area contributed by atoms with E-state index in [-0.39, 0.29) is 0 Å². The molecule has 0 aliphatic carbocycles. The number of pyridine rings is 1. The van der Waals surface area contributed by atoms with E-state index in [1.54, 1.807) is 0 Å². The third kappa shape index (κ3) is 13.1. The van der Waals surface area contributed by atoms with Gasteiger partial charge < -0.3 is 5.32 Å². The monoisotopic (exact) mass is 318 g/mol. The molecule has 0 spiro atoms. The molecule has 0 fully saturated rings. The van der Waals surface area contributed by atoms with Crippen LogP contribution in [-0.2, 0) is 0 Å². The minimum atomic E-state index is 1.07. The molecule has 1 N–H and O–H groups in total. The zero-order chi connectivity index (χ0) is 16.4. The van der Waals surface area contributed by atoms with Crippen molar-refractivity contribution in [2.75, 3.05) is 11.9 Å². The van der Waals surface area contributed by atoms with Crippen molar-refractivity contribution in [3.63, 3.8) is 0 Å². The van der Waals surface area contributed by atoms with Crippen molar-refractivity contribution in [1.29, 1.82) is 0 Å². The Labute approximate surface area is 144 Å². The summed E-state index contributed by atoms with van der Waals surface area (Å²) in [5.41, 5.74) is 1.14. The van der Waals surface area contributed by atoms with Gasteiger partial charge in [0.2, 0.25) is 0 Å². The van der Waals surface area contributed by atoms with Gasteiger partial charge in [0.25, 0.3) is 0 Å². The van der Waals surface area contributed by atoms with E-state index in [1.807, 2.05) is 18.5 Å². The molecule has 2 nitrogen and oxygen atoms in total. The van der Waals surface area contributed by atoms with Gasteiger partial charge in [-0.05, 0) is 18.6 Å². The normalized spacial score (nSPS) is 10.8. The van der Waals surface area contributed by atoms with E-state index < -0.39 is 0 Å². The molecule has 0 aromatic carbocycles. The van der Waals surface area contributed by atoms with Crippen molar-refractivity contribution < 1.29 is 0 Å². The maximum absolute atomic E-state index is 4.11. The highest BCUT2D eigenvalue weighted by Crippen LogP contribution is 2.13. The fraction of sp³-hybridized carbons (Fsp3) is 0.762. The Balaban J connectivity index is 1.72. The molecular formula is C21H38N2. The van der Waals surface area contributed by atoms with Gasteiger partial charge in [0, 0.05) is 18.9 Å². The van der Waals surface area contributed by atoms with E-state index in [2.05, 4.69) is 23.3 Å². The van der Waals surface area contributed by atoms with Crippen molar-refractivity contribution in [3.05, 3.63) is 24.5 Å². The van der Waals surface area contributed by atoms with Gasteiger partial charge in [-0.15, -0.1) is 0 Å². The largest absolute Gasteiger partial charge is 0.384 e. The van der Waals surface area contributed by atoms with E-state index in [0.29, 0.717) is 0 Å². The van der Waals surface area contributed by atoms with Gasteiger partial charge in [-0.25, -0.2) is 0 Å². The molecule has 0 radical (unpaired) electrons. The van der Waals surface area contributed by atoms with Crippen LogP contribution in [0.3, 0.4) is 0 Å². The number of hydrogen-bond donors (Lipinski definition) is 1. The van der Waals surface area contributed by atoms with Crippen molar-refractivity contribution in [2.45, 2.75) is 96.8 Å². The maximum atomic E-state index is 4.11. The first-order valence-corrected chi connectivity index (χ1v) is 10.1. The topological polar surface area (TPSA) is 24.9 Å². The summed E-state index contributed by atoms with van der Waals surface area (Å²) in [6, 6.07) is 4.06. The fourth-order valence-corrected chi connectivity index (χ4v) is 3.02. The minimum absolute atomic E-state index is 1.07. The number of anilines is 1. The van der Waals surface area contributed by atoms with E-state index in [1.165, 1.54) is 89.9 Å². The Morgan fingerprint density at radius 1 is 0.739 bits per heavy atom. The zero-order valence-electron chi connectivity index (χ0n) is 15.4. The fourth-order valence-electron chi connectivity index (χ4n) is 3.02. The lowest BCUT2D eigenvalue weighted by Gasteiger charge is -2.05. The Morgan fingerprint density at radius 3 is 1.74 bits per heavy atom. The van der Waals surface area contributed by atoms with Crippen molar-refractivity contribution in [1.82, 2.24) is 4.98 Å². The number of hydrogen-bond acceptors (Lipinski definition) is 2. The Bertz CT molecular complexity index is 337. The van der Waals surface area contributed by atoms with Gasteiger partial charge in [-0.3, -0.25) is 4.98 Å². The molecule has 2 heteroatoms. The highest BCUT2D eigenvalue weighted by atomic mass is 14.9. The number of nitrogens with zero attached hydrogens (tertiary/aromatic N) is 1. The first-order valence-electron chi connectivity index (χ1n) is 10.1. The van der Waals surface area contributed by atoms with Crippen LogP contribution in [0.15, 0.2) is 24.5 Å². The summed E-state index contributed by atoms with van der Waals surface area (Å²) in [5, 5.41) is 3.43. The summed E-state index contributed by atoms with van der Waals surface area (Å²) >= 11 is 0. The van der Waals surface area contributed by atoms with E-state index in [4.69, 9.17) is 0 Å². The number of unbranched alkanes of at least 4 members (excludes halogenated alkanes) is 13. The van der Waals surface area contributed by atoms with Crippen LogP contribution in [0.4, 0.5) is 5.69 Å². The molecule has 0 bridgehead atoms. The van der Waals surface area contributed by atoms with E-state index in [9.17, 15) is 0 Å². The average molecular weight is 319 g/mol. The van der Waals surface area contributed by atoms with Crippen LogP contribution in [0.5, 0.6) is 0 Å². The number of aromatic nitrogens is 1. The molecule has 0 saturated heterocycles. The van der Waals surface area contributed by atoms with Crippen molar-refractivity contribution in [3.8, 4) is 0 Å². The molecule has 0 aliphatic rings. The van der Waals surface area contributed by atoms with Gasteiger partial charge in [0.1, 0.15) is 0 Å². The predicted molar refractivity (Wildman–Crippen MR) is 103 cm³/mol. The van der Waals surface area contributed by atoms with E-state index in [0.717, 1.165) is 12.2 Å². The van der Waals surface area contributed by atoms with Gasteiger partial charge in [0.15, 0.2) is 0 Å². The third-order valence-corrected chi connectivity index (χ3v) is 4.52. The highest BCUT2D eigenvalue weighted by Gasteiger charge is 1.94. The summed E-state index contributed by atoms with van der Waals surface area (Å²) in [6.07, 6.45) is 23.6. The molecule has 1 aromatic heterocycles. The van der Waals surface area contributed by atoms with Crippen LogP contribution in [0.2, 0.25) is 0 Å². The molecule has 0 atom stereocenters. The van der Waals surface area contributed by atoms with Crippen LogP contribution in [0.1, 0.15) is 96.8 Å². The van der Waals surface area contributed by atoms with Gasteiger partial charge in [-0.1, -0.05) is 90.4 Å². The highest BCUT2D eigenvalue weighted by molar-refractivity contribution is 5.39. The minimum Gasteiger partial charge on any atom is -0.384 e. The molecular weight excluding hydrogens is 280 g/mol. The summed E-state index contributed by atoms with van der Waals surface area (Å²) < 4.78 is 0. The Kier molecular flexibility index (Phi) is 13.8. The first kappa shape index (κ1) is 20.0. The summed E-state index contributed by atoms with van der Waals surface area (Å²) in [7, 11) is 0. The molecule has 0 saturated carbocycles. The van der Waals surface area contributed by atoms with Crippen LogP contribution >= 0.6 is 0 Å². The summed E-state index contributed by atoms with van der Waals surface area (Å²) in [5.74, 6) is 0. The molecule has 23 heavy (non-hydrogen) atoms. The summed E-state index contributed by atoms with van der Waals surface area (Å²) in [6.45, 7) is 3.36. The molecule has 0 unspecified atom stereocenters.